The molecule has 32 heavy (non-hydrogen) atoms. The van der Waals surface area contributed by atoms with Gasteiger partial charge >= 0.3 is 0 Å². The molecule has 6 nitrogen and oxygen atoms in total. The van der Waals surface area contributed by atoms with Crippen molar-refractivity contribution in [3.8, 4) is 0 Å². The van der Waals surface area contributed by atoms with Crippen LogP contribution in [0.25, 0.3) is 10.8 Å². The van der Waals surface area contributed by atoms with Crippen LogP contribution in [0.3, 0.4) is 0 Å². The number of anilines is 2. The molecule has 2 atom stereocenters. The Hall–Kier alpha value is -3.38. The van der Waals surface area contributed by atoms with Gasteiger partial charge in [0.05, 0.1) is 24.0 Å². The monoisotopic (exact) mass is 432 g/mol. The quantitative estimate of drug-likeness (QED) is 0.426. The van der Waals surface area contributed by atoms with Gasteiger partial charge in [0.1, 0.15) is 0 Å². The van der Waals surface area contributed by atoms with Gasteiger partial charge in [-0.15, -0.1) is 0 Å². The average Bonchev–Trinajstić information content (AvgIpc) is 2.82. The molecule has 0 aliphatic heterocycles. The first-order valence-electron chi connectivity index (χ1n) is 10.9. The normalized spacial score (nSPS) is 12.8. The number of carbonyl (C=O) groups is 2. The zero-order valence-corrected chi connectivity index (χ0v) is 19.2. The fourth-order valence-corrected chi connectivity index (χ4v) is 3.69. The lowest BCUT2D eigenvalue weighted by molar-refractivity contribution is -0.123. The fraction of sp³-hybridized carbons (Fsp3) is 0.308. The van der Waals surface area contributed by atoms with Gasteiger partial charge < -0.3 is 20.9 Å². The zero-order chi connectivity index (χ0) is 23.1. The van der Waals surface area contributed by atoms with E-state index < -0.39 is 0 Å². The van der Waals surface area contributed by atoms with Crippen molar-refractivity contribution in [1.82, 2.24) is 10.6 Å². The highest BCUT2D eigenvalue weighted by Gasteiger charge is 2.16. The van der Waals surface area contributed by atoms with Crippen molar-refractivity contribution in [3.05, 3.63) is 71.8 Å². The third-order valence-electron chi connectivity index (χ3n) is 5.76. The van der Waals surface area contributed by atoms with E-state index in [4.69, 9.17) is 0 Å². The van der Waals surface area contributed by atoms with Crippen LogP contribution in [0.4, 0.5) is 11.4 Å². The Morgan fingerprint density at radius 1 is 1.03 bits per heavy atom. The van der Waals surface area contributed by atoms with Crippen LogP contribution >= 0.6 is 0 Å². The van der Waals surface area contributed by atoms with Gasteiger partial charge in [-0.25, -0.2) is 0 Å². The maximum atomic E-state index is 12.1. The van der Waals surface area contributed by atoms with E-state index in [1.807, 2.05) is 50.2 Å². The number of carbonyl (C=O) groups excluding carboxylic acids is 2. The molecule has 1 unspecified atom stereocenters. The predicted molar refractivity (Wildman–Crippen MR) is 132 cm³/mol. The molecule has 0 heterocycles. The molecular formula is C26H32N4O2. The number of nitrogens with zero attached hydrogens (tertiary/aromatic N) is 1. The number of hydrogen-bond donors (Lipinski definition) is 3. The summed E-state index contributed by atoms with van der Waals surface area (Å²) in [4.78, 5) is 26.0. The number of amides is 2. The number of aryl methyl sites for hydroxylation is 1. The largest absolute Gasteiger partial charge is 0.381 e. The Kier molecular flexibility index (Phi) is 7.84. The number of benzene rings is 3. The van der Waals surface area contributed by atoms with Crippen molar-refractivity contribution in [3.63, 3.8) is 0 Å². The lowest BCUT2D eigenvalue weighted by Crippen LogP contribution is -2.46. The summed E-state index contributed by atoms with van der Waals surface area (Å²) in [5, 5.41) is 11.6. The first kappa shape index (κ1) is 23.3. The van der Waals surface area contributed by atoms with Gasteiger partial charge in [-0.2, -0.15) is 0 Å². The second-order valence-electron chi connectivity index (χ2n) is 8.13. The van der Waals surface area contributed by atoms with Crippen molar-refractivity contribution in [2.24, 2.45) is 0 Å². The third kappa shape index (κ3) is 5.45. The maximum Gasteiger partial charge on any atom is 0.237 e. The van der Waals surface area contributed by atoms with Gasteiger partial charge in [-0.05, 0) is 61.9 Å². The van der Waals surface area contributed by atoms with Crippen LogP contribution in [0.1, 0.15) is 25.0 Å². The number of fused-ring (bicyclic) bond motifs is 1. The van der Waals surface area contributed by atoms with Crippen LogP contribution in [0.2, 0.25) is 0 Å². The van der Waals surface area contributed by atoms with Crippen LogP contribution < -0.4 is 20.9 Å². The first-order valence-corrected chi connectivity index (χ1v) is 10.9. The summed E-state index contributed by atoms with van der Waals surface area (Å²) < 4.78 is 0. The Morgan fingerprint density at radius 3 is 2.50 bits per heavy atom. The number of hydrogen-bond acceptors (Lipinski definition) is 4. The van der Waals surface area contributed by atoms with Crippen molar-refractivity contribution in [2.75, 3.05) is 23.8 Å². The van der Waals surface area contributed by atoms with E-state index in [1.165, 1.54) is 0 Å². The number of nitrogens with one attached hydrogen (secondary N) is 3. The molecule has 0 radical (unpaired) electrons. The van der Waals surface area contributed by atoms with Gasteiger partial charge in [0.25, 0.3) is 0 Å². The second kappa shape index (κ2) is 10.8. The summed E-state index contributed by atoms with van der Waals surface area (Å²) in [6, 6.07) is 19.9. The van der Waals surface area contributed by atoms with Crippen LogP contribution in [0, 0.1) is 6.92 Å². The minimum absolute atomic E-state index is 0.0453. The molecule has 3 aromatic carbocycles. The number of para-hydroxylation sites is 2. The molecule has 0 aliphatic carbocycles. The molecule has 0 saturated carbocycles. The van der Waals surface area contributed by atoms with Gasteiger partial charge in [0, 0.05) is 12.6 Å². The molecule has 6 heteroatoms. The van der Waals surface area contributed by atoms with E-state index in [0.717, 1.165) is 39.7 Å². The summed E-state index contributed by atoms with van der Waals surface area (Å²) in [6.07, 6.45) is 0.877. The molecule has 0 bridgehead atoms. The standard InChI is InChI=1S/C26H32N4O2/c1-18-13-14-21-9-5-6-10-22(21)23(18)16-30(17-31)25-12-8-7-11-24(25)28-15-19(2)29-26(32)20(3)27-4/h5-14,17,19-20,27-28H,15-16H2,1-4H3,(H,29,32)/t19?,20-/m0/s1. The molecule has 2 amide bonds. The highest BCUT2D eigenvalue weighted by molar-refractivity contribution is 5.89. The topological polar surface area (TPSA) is 73.5 Å². The fourth-order valence-electron chi connectivity index (χ4n) is 3.69. The number of rotatable bonds is 10. The van der Waals surface area contributed by atoms with E-state index in [-0.39, 0.29) is 18.0 Å². The molecule has 0 spiro atoms. The van der Waals surface area contributed by atoms with Crippen molar-refractivity contribution in [2.45, 2.75) is 39.4 Å². The summed E-state index contributed by atoms with van der Waals surface area (Å²) in [5.41, 5.74) is 3.93. The minimum atomic E-state index is -0.251. The molecule has 0 saturated heterocycles. The Labute approximate surface area is 190 Å². The third-order valence-corrected chi connectivity index (χ3v) is 5.76. The van der Waals surface area contributed by atoms with Crippen molar-refractivity contribution < 1.29 is 9.59 Å². The molecule has 0 fully saturated rings. The lowest BCUT2D eigenvalue weighted by atomic mass is 9.99. The molecule has 0 aliphatic rings. The molecule has 168 valence electrons. The van der Waals surface area contributed by atoms with E-state index in [2.05, 4.69) is 47.1 Å². The van der Waals surface area contributed by atoms with Gasteiger partial charge in [0.2, 0.25) is 12.3 Å². The average molecular weight is 433 g/mol. The summed E-state index contributed by atoms with van der Waals surface area (Å²) in [7, 11) is 1.76. The maximum absolute atomic E-state index is 12.1. The van der Waals surface area contributed by atoms with Crippen LogP contribution in [0.15, 0.2) is 60.7 Å². The Morgan fingerprint density at radius 2 is 1.75 bits per heavy atom. The summed E-state index contributed by atoms with van der Waals surface area (Å²) in [6.45, 7) is 6.86. The zero-order valence-electron chi connectivity index (χ0n) is 19.2. The van der Waals surface area contributed by atoms with Crippen LogP contribution in [-0.2, 0) is 16.1 Å². The Bertz CT molecular complexity index is 1080. The molecule has 3 rings (SSSR count). The van der Waals surface area contributed by atoms with Crippen LogP contribution in [0.5, 0.6) is 0 Å². The van der Waals surface area contributed by atoms with Gasteiger partial charge in [0.15, 0.2) is 0 Å². The van der Waals surface area contributed by atoms with Crippen molar-refractivity contribution in [1.29, 1.82) is 0 Å². The molecule has 3 aromatic rings. The van der Waals surface area contributed by atoms with Gasteiger partial charge in [-0.3, -0.25) is 9.59 Å². The van der Waals surface area contributed by atoms with Crippen LogP contribution in [-0.4, -0.2) is 38.0 Å². The summed E-state index contributed by atoms with van der Waals surface area (Å²) in [5.74, 6) is -0.0453. The van der Waals surface area contributed by atoms with E-state index in [9.17, 15) is 9.59 Å². The van der Waals surface area contributed by atoms with E-state index >= 15 is 0 Å². The SMILES string of the molecule is CN[C@@H](C)C(=O)NC(C)CNc1ccccc1N(C=O)Cc1c(C)ccc2ccccc12. The van der Waals surface area contributed by atoms with Gasteiger partial charge in [-0.1, -0.05) is 48.5 Å². The predicted octanol–water partition coefficient (Wildman–Crippen LogP) is 3.84. The lowest BCUT2D eigenvalue weighted by Gasteiger charge is -2.24. The molecule has 3 N–H and O–H groups in total. The minimum Gasteiger partial charge on any atom is -0.381 e. The molecular weight excluding hydrogens is 400 g/mol. The number of likely N-dealkylation sites (N-methyl/N-ethyl adjacent to an activating group) is 1. The first-order chi connectivity index (χ1) is 15.4. The highest BCUT2D eigenvalue weighted by atomic mass is 16.2. The molecule has 0 aromatic heterocycles. The smallest absolute Gasteiger partial charge is 0.237 e. The van der Waals surface area contributed by atoms with E-state index in [1.54, 1.807) is 11.9 Å². The van der Waals surface area contributed by atoms with Crippen molar-refractivity contribution >= 4 is 34.5 Å². The Balaban J connectivity index is 1.79. The van der Waals surface area contributed by atoms with E-state index in [0.29, 0.717) is 13.1 Å². The highest BCUT2D eigenvalue weighted by Crippen LogP contribution is 2.29. The summed E-state index contributed by atoms with van der Waals surface area (Å²) >= 11 is 0. The second-order valence-corrected chi connectivity index (χ2v) is 8.13.